The van der Waals surface area contributed by atoms with Crippen LogP contribution in [0.3, 0.4) is 0 Å². The van der Waals surface area contributed by atoms with Crippen molar-refractivity contribution in [1.29, 1.82) is 0 Å². The second kappa shape index (κ2) is 6.43. The summed E-state index contributed by atoms with van der Waals surface area (Å²) in [5.41, 5.74) is 6.79. The van der Waals surface area contributed by atoms with Crippen molar-refractivity contribution in [3.8, 4) is 0 Å². The Morgan fingerprint density at radius 2 is 2.05 bits per heavy atom. The molecule has 0 saturated carbocycles. The van der Waals surface area contributed by atoms with E-state index in [0.717, 1.165) is 22.4 Å². The highest BCUT2D eigenvalue weighted by Gasteiger charge is 2.12. The highest BCUT2D eigenvalue weighted by atomic mass is 32.2. The van der Waals surface area contributed by atoms with Crippen LogP contribution in [0.4, 0.5) is 15.8 Å². The number of amides is 1. The Morgan fingerprint density at radius 3 is 2.75 bits per heavy atom. The summed E-state index contributed by atoms with van der Waals surface area (Å²) in [6.07, 6.45) is 0. The van der Waals surface area contributed by atoms with Crippen LogP contribution in [0.25, 0.3) is 0 Å². The monoisotopic (exact) mass is 290 g/mol. The number of nitrogens with two attached hydrogens (primary N) is 1. The van der Waals surface area contributed by atoms with E-state index in [1.165, 1.54) is 12.1 Å². The normalized spacial score (nSPS) is 10.3. The number of carbonyl (C=O) groups is 1. The highest BCUT2D eigenvalue weighted by Crippen LogP contribution is 2.27. The first-order chi connectivity index (χ1) is 9.61. The van der Waals surface area contributed by atoms with Crippen molar-refractivity contribution in [2.75, 3.05) is 16.8 Å². The Bertz CT molecular complexity index is 631. The van der Waals surface area contributed by atoms with Crippen LogP contribution < -0.4 is 11.1 Å². The Hall–Kier alpha value is -2.01. The van der Waals surface area contributed by atoms with Crippen LogP contribution in [0, 0.1) is 5.82 Å². The summed E-state index contributed by atoms with van der Waals surface area (Å²) in [5, 5.41) is 2.81. The standard InChI is InChI=1S/C15H15FN2OS/c1-2-20-14-6-4-3-5-13(14)18-15(19)11-8-7-10(16)9-12(11)17/h3-9H,2,17H2,1H3,(H,18,19). The van der Waals surface area contributed by atoms with E-state index in [-0.39, 0.29) is 17.2 Å². The minimum absolute atomic E-state index is 0.128. The smallest absolute Gasteiger partial charge is 0.257 e. The van der Waals surface area contributed by atoms with Gasteiger partial charge in [0.05, 0.1) is 11.3 Å². The van der Waals surface area contributed by atoms with E-state index in [4.69, 9.17) is 5.73 Å². The summed E-state index contributed by atoms with van der Waals surface area (Å²) >= 11 is 1.64. The number of halogens is 1. The van der Waals surface area contributed by atoms with Gasteiger partial charge in [-0.25, -0.2) is 4.39 Å². The van der Waals surface area contributed by atoms with Gasteiger partial charge < -0.3 is 11.1 Å². The minimum Gasteiger partial charge on any atom is -0.398 e. The van der Waals surface area contributed by atoms with Gasteiger partial charge in [-0.1, -0.05) is 19.1 Å². The van der Waals surface area contributed by atoms with Gasteiger partial charge in [0.1, 0.15) is 5.82 Å². The lowest BCUT2D eigenvalue weighted by atomic mass is 10.1. The topological polar surface area (TPSA) is 55.1 Å². The first-order valence-corrected chi connectivity index (χ1v) is 7.18. The number of anilines is 2. The fourth-order valence-electron chi connectivity index (χ4n) is 1.78. The van der Waals surface area contributed by atoms with E-state index < -0.39 is 5.82 Å². The van der Waals surface area contributed by atoms with Gasteiger partial charge in [-0.3, -0.25) is 4.79 Å². The van der Waals surface area contributed by atoms with Gasteiger partial charge in [-0.2, -0.15) is 0 Å². The predicted molar refractivity (Wildman–Crippen MR) is 81.6 cm³/mol. The maximum atomic E-state index is 13.0. The van der Waals surface area contributed by atoms with Gasteiger partial charge in [0.25, 0.3) is 5.91 Å². The largest absolute Gasteiger partial charge is 0.398 e. The van der Waals surface area contributed by atoms with Gasteiger partial charge in [0, 0.05) is 10.6 Å². The molecule has 0 radical (unpaired) electrons. The van der Waals surface area contributed by atoms with Crippen LogP contribution in [-0.4, -0.2) is 11.7 Å². The number of nitrogens with one attached hydrogen (secondary N) is 1. The number of carbonyl (C=O) groups excluding carboxylic acids is 1. The summed E-state index contributed by atoms with van der Waals surface area (Å²) in [6, 6.07) is 11.3. The number of rotatable bonds is 4. The molecule has 0 atom stereocenters. The quantitative estimate of drug-likeness (QED) is 0.665. The van der Waals surface area contributed by atoms with Crippen LogP contribution in [0.1, 0.15) is 17.3 Å². The molecule has 104 valence electrons. The van der Waals surface area contributed by atoms with Gasteiger partial charge in [-0.05, 0) is 36.1 Å². The third kappa shape index (κ3) is 3.30. The second-order valence-electron chi connectivity index (χ2n) is 4.11. The Kier molecular flexibility index (Phi) is 4.63. The van der Waals surface area contributed by atoms with E-state index in [1.54, 1.807) is 11.8 Å². The molecule has 0 fully saturated rings. The van der Waals surface area contributed by atoms with Crippen LogP contribution in [0.2, 0.25) is 0 Å². The molecular formula is C15H15FN2OS. The third-order valence-electron chi connectivity index (χ3n) is 2.69. The average Bonchev–Trinajstić information content (AvgIpc) is 2.41. The van der Waals surface area contributed by atoms with Gasteiger partial charge >= 0.3 is 0 Å². The third-order valence-corrected chi connectivity index (χ3v) is 3.65. The molecule has 3 N–H and O–H groups in total. The molecular weight excluding hydrogens is 275 g/mol. The molecule has 2 aromatic carbocycles. The van der Waals surface area contributed by atoms with Crippen molar-refractivity contribution in [2.24, 2.45) is 0 Å². The van der Waals surface area contributed by atoms with E-state index >= 15 is 0 Å². The maximum Gasteiger partial charge on any atom is 0.257 e. The molecule has 0 bridgehead atoms. The molecule has 2 aromatic rings. The molecule has 0 unspecified atom stereocenters. The van der Waals surface area contributed by atoms with Crippen LogP contribution >= 0.6 is 11.8 Å². The molecule has 5 heteroatoms. The summed E-state index contributed by atoms with van der Waals surface area (Å²) < 4.78 is 13.0. The Labute approximate surface area is 121 Å². The molecule has 0 aromatic heterocycles. The van der Waals surface area contributed by atoms with Crippen molar-refractivity contribution < 1.29 is 9.18 Å². The fraction of sp³-hybridized carbons (Fsp3) is 0.133. The summed E-state index contributed by atoms with van der Waals surface area (Å²) in [6.45, 7) is 2.04. The van der Waals surface area contributed by atoms with Crippen LogP contribution in [0.5, 0.6) is 0 Å². The van der Waals surface area contributed by atoms with Gasteiger partial charge in [0.2, 0.25) is 0 Å². The summed E-state index contributed by atoms with van der Waals surface area (Å²) in [7, 11) is 0. The van der Waals surface area contributed by atoms with Crippen molar-refractivity contribution in [3.63, 3.8) is 0 Å². The Morgan fingerprint density at radius 1 is 1.30 bits per heavy atom. The fourth-order valence-corrected chi connectivity index (χ4v) is 2.54. The molecule has 20 heavy (non-hydrogen) atoms. The van der Waals surface area contributed by atoms with Crippen LogP contribution in [-0.2, 0) is 0 Å². The van der Waals surface area contributed by atoms with Crippen molar-refractivity contribution in [1.82, 2.24) is 0 Å². The van der Waals surface area contributed by atoms with Crippen molar-refractivity contribution >= 4 is 29.0 Å². The average molecular weight is 290 g/mol. The van der Waals surface area contributed by atoms with Crippen molar-refractivity contribution in [2.45, 2.75) is 11.8 Å². The number of nitrogen functional groups attached to an aromatic ring is 1. The lowest BCUT2D eigenvalue weighted by Crippen LogP contribution is -2.14. The molecule has 0 aliphatic rings. The summed E-state index contributed by atoms with van der Waals surface area (Å²) in [4.78, 5) is 13.2. The summed E-state index contributed by atoms with van der Waals surface area (Å²) in [5.74, 6) is 0.110. The lowest BCUT2D eigenvalue weighted by Gasteiger charge is -2.11. The van der Waals surface area contributed by atoms with E-state index in [2.05, 4.69) is 5.32 Å². The number of thioether (sulfide) groups is 1. The van der Waals surface area contributed by atoms with E-state index in [0.29, 0.717) is 0 Å². The molecule has 0 aliphatic heterocycles. The van der Waals surface area contributed by atoms with E-state index in [9.17, 15) is 9.18 Å². The molecule has 0 saturated heterocycles. The number of hydrogen-bond acceptors (Lipinski definition) is 3. The molecule has 0 aliphatic carbocycles. The Balaban J connectivity index is 2.23. The lowest BCUT2D eigenvalue weighted by molar-refractivity contribution is 0.102. The molecule has 0 spiro atoms. The molecule has 2 rings (SSSR count). The molecule has 3 nitrogen and oxygen atoms in total. The zero-order valence-corrected chi connectivity index (χ0v) is 11.8. The zero-order chi connectivity index (χ0) is 14.5. The first kappa shape index (κ1) is 14.4. The maximum absolute atomic E-state index is 13.0. The SMILES string of the molecule is CCSc1ccccc1NC(=O)c1ccc(F)cc1N. The highest BCUT2D eigenvalue weighted by molar-refractivity contribution is 7.99. The van der Waals surface area contributed by atoms with E-state index in [1.807, 2.05) is 31.2 Å². The zero-order valence-electron chi connectivity index (χ0n) is 11.0. The predicted octanol–water partition coefficient (Wildman–Crippen LogP) is 3.77. The number of hydrogen-bond donors (Lipinski definition) is 2. The number of benzene rings is 2. The second-order valence-corrected chi connectivity index (χ2v) is 5.42. The van der Waals surface area contributed by atoms with Gasteiger partial charge in [0.15, 0.2) is 0 Å². The van der Waals surface area contributed by atoms with Crippen molar-refractivity contribution in [3.05, 3.63) is 53.8 Å². The molecule has 1 amide bonds. The number of para-hydroxylation sites is 1. The van der Waals surface area contributed by atoms with Gasteiger partial charge in [-0.15, -0.1) is 11.8 Å². The van der Waals surface area contributed by atoms with Crippen LogP contribution in [0.15, 0.2) is 47.4 Å². The first-order valence-electron chi connectivity index (χ1n) is 6.20. The minimum atomic E-state index is -0.457. The molecule has 0 heterocycles.